The maximum absolute atomic E-state index is 13.6. The molecule has 0 aliphatic rings. The summed E-state index contributed by atoms with van der Waals surface area (Å²) in [6.45, 7) is 1.57. The van der Waals surface area contributed by atoms with Crippen LogP contribution in [0.1, 0.15) is 11.1 Å². The van der Waals surface area contributed by atoms with Crippen LogP contribution in [0.5, 0.6) is 0 Å². The Bertz CT molecular complexity index is 717. The van der Waals surface area contributed by atoms with Crippen LogP contribution in [0.15, 0.2) is 29.4 Å². The Labute approximate surface area is 116 Å². The van der Waals surface area contributed by atoms with Gasteiger partial charge in [0.1, 0.15) is 5.82 Å². The molecule has 0 amide bonds. The highest BCUT2D eigenvalue weighted by atomic mass is 32.2. The number of sulfonamides is 1. The van der Waals surface area contributed by atoms with Crippen molar-refractivity contribution in [1.29, 1.82) is 0 Å². The van der Waals surface area contributed by atoms with Crippen LogP contribution in [0.2, 0.25) is 0 Å². The maximum Gasteiger partial charge on any atom is 0.241 e. The van der Waals surface area contributed by atoms with E-state index in [4.69, 9.17) is 5.73 Å². The van der Waals surface area contributed by atoms with Gasteiger partial charge < -0.3 is 5.73 Å². The van der Waals surface area contributed by atoms with Gasteiger partial charge in [0.2, 0.25) is 10.0 Å². The van der Waals surface area contributed by atoms with Crippen molar-refractivity contribution in [2.75, 3.05) is 5.73 Å². The number of aryl methyl sites for hydroxylation is 1. The van der Waals surface area contributed by atoms with Gasteiger partial charge in [0.25, 0.3) is 0 Å². The first kappa shape index (κ1) is 14.5. The van der Waals surface area contributed by atoms with Crippen molar-refractivity contribution in [2.45, 2.75) is 18.4 Å². The van der Waals surface area contributed by atoms with Crippen molar-refractivity contribution in [3.05, 3.63) is 41.5 Å². The van der Waals surface area contributed by atoms with Crippen LogP contribution in [0.25, 0.3) is 0 Å². The first-order valence-corrected chi connectivity index (χ1v) is 7.31. The van der Waals surface area contributed by atoms with Crippen molar-refractivity contribution >= 4 is 15.7 Å². The fraction of sp³-hybridized carbons (Fsp3) is 0.250. The molecular formula is C12H15FN4O2S. The fourth-order valence-electron chi connectivity index (χ4n) is 1.65. The Balaban J connectivity index is 2.22. The zero-order valence-electron chi connectivity index (χ0n) is 11.1. The zero-order valence-corrected chi connectivity index (χ0v) is 11.9. The lowest BCUT2D eigenvalue weighted by atomic mass is 10.2. The molecule has 0 saturated heterocycles. The summed E-state index contributed by atoms with van der Waals surface area (Å²) >= 11 is 0. The van der Waals surface area contributed by atoms with E-state index in [-0.39, 0.29) is 22.7 Å². The molecule has 108 valence electrons. The minimum absolute atomic E-state index is 0.0750. The molecule has 8 heteroatoms. The van der Waals surface area contributed by atoms with Crippen molar-refractivity contribution in [2.24, 2.45) is 7.05 Å². The smallest absolute Gasteiger partial charge is 0.241 e. The number of nitrogens with two attached hydrogens (primary N) is 1. The molecule has 1 heterocycles. The SMILES string of the molecule is Cc1c(N)cc(S(=O)(=O)NCc2cnn(C)c2)cc1F. The molecule has 0 aliphatic heterocycles. The predicted octanol–water partition coefficient (Wildman–Crippen LogP) is 0.928. The molecule has 0 atom stereocenters. The third-order valence-electron chi connectivity index (χ3n) is 2.89. The van der Waals surface area contributed by atoms with Gasteiger partial charge >= 0.3 is 0 Å². The van der Waals surface area contributed by atoms with Crippen LogP contribution in [0.3, 0.4) is 0 Å². The number of nitrogen functional groups attached to an aromatic ring is 1. The second-order valence-electron chi connectivity index (χ2n) is 4.47. The molecule has 0 unspecified atom stereocenters. The van der Waals surface area contributed by atoms with Gasteiger partial charge in [-0.3, -0.25) is 4.68 Å². The highest BCUT2D eigenvalue weighted by molar-refractivity contribution is 7.89. The summed E-state index contributed by atoms with van der Waals surface area (Å²) in [7, 11) is -2.09. The first-order chi connectivity index (χ1) is 9.29. The van der Waals surface area contributed by atoms with Gasteiger partial charge in [-0.25, -0.2) is 17.5 Å². The van der Waals surface area contributed by atoms with Gasteiger partial charge in [0.05, 0.1) is 11.1 Å². The van der Waals surface area contributed by atoms with Crippen molar-refractivity contribution in [3.8, 4) is 0 Å². The molecule has 2 rings (SSSR count). The van der Waals surface area contributed by atoms with Crippen LogP contribution >= 0.6 is 0 Å². The molecule has 0 fully saturated rings. The third kappa shape index (κ3) is 2.97. The van der Waals surface area contributed by atoms with E-state index in [0.29, 0.717) is 5.56 Å². The van der Waals surface area contributed by atoms with Crippen LogP contribution < -0.4 is 10.5 Å². The van der Waals surface area contributed by atoms with Gasteiger partial charge in [-0.2, -0.15) is 5.10 Å². The van der Waals surface area contributed by atoms with E-state index < -0.39 is 15.8 Å². The number of nitrogens with one attached hydrogen (secondary N) is 1. The van der Waals surface area contributed by atoms with E-state index in [1.807, 2.05) is 0 Å². The summed E-state index contributed by atoms with van der Waals surface area (Å²) in [6, 6.07) is 2.20. The second kappa shape index (κ2) is 5.22. The van der Waals surface area contributed by atoms with Gasteiger partial charge in [-0.15, -0.1) is 0 Å². The number of anilines is 1. The molecule has 1 aromatic carbocycles. The minimum Gasteiger partial charge on any atom is -0.398 e. The third-order valence-corrected chi connectivity index (χ3v) is 4.27. The summed E-state index contributed by atoms with van der Waals surface area (Å²) in [5, 5.41) is 3.93. The second-order valence-corrected chi connectivity index (χ2v) is 6.23. The Kier molecular flexibility index (Phi) is 3.78. The summed E-state index contributed by atoms with van der Waals surface area (Å²) < 4.78 is 41.6. The number of halogens is 1. The van der Waals surface area contributed by atoms with Crippen molar-refractivity contribution in [3.63, 3.8) is 0 Å². The Morgan fingerprint density at radius 3 is 2.70 bits per heavy atom. The van der Waals surface area contributed by atoms with E-state index in [1.54, 1.807) is 24.1 Å². The topological polar surface area (TPSA) is 90.0 Å². The van der Waals surface area contributed by atoms with E-state index in [1.165, 1.54) is 13.0 Å². The molecule has 6 nitrogen and oxygen atoms in total. The van der Waals surface area contributed by atoms with E-state index >= 15 is 0 Å². The zero-order chi connectivity index (χ0) is 14.9. The lowest BCUT2D eigenvalue weighted by Gasteiger charge is -2.08. The standard InChI is InChI=1S/C12H15FN4O2S/c1-8-11(13)3-10(4-12(8)14)20(18,19)16-6-9-5-15-17(2)7-9/h3-5,7,16H,6,14H2,1-2H3. The fourth-order valence-corrected chi connectivity index (χ4v) is 2.72. The first-order valence-electron chi connectivity index (χ1n) is 5.82. The van der Waals surface area contributed by atoms with Crippen LogP contribution in [-0.4, -0.2) is 18.2 Å². The van der Waals surface area contributed by atoms with E-state index in [9.17, 15) is 12.8 Å². The monoisotopic (exact) mass is 298 g/mol. The summed E-state index contributed by atoms with van der Waals surface area (Å²) in [5.41, 5.74) is 6.62. The van der Waals surface area contributed by atoms with Crippen molar-refractivity contribution in [1.82, 2.24) is 14.5 Å². The van der Waals surface area contributed by atoms with Crippen LogP contribution in [-0.2, 0) is 23.6 Å². The molecule has 20 heavy (non-hydrogen) atoms. The summed E-state index contributed by atoms with van der Waals surface area (Å²) in [6.07, 6.45) is 3.24. The van der Waals surface area contributed by atoms with Crippen LogP contribution in [0, 0.1) is 12.7 Å². The number of hydrogen-bond acceptors (Lipinski definition) is 4. The Hall–Kier alpha value is -1.93. The molecule has 0 saturated carbocycles. The lowest BCUT2D eigenvalue weighted by molar-refractivity contribution is 0.576. The summed E-state index contributed by atoms with van der Waals surface area (Å²) in [5.74, 6) is -0.647. The molecule has 0 bridgehead atoms. The molecule has 0 radical (unpaired) electrons. The van der Waals surface area contributed by atoms with Gasteiger partial charge in [-0.1, -0.05) is 0 Å². The molecule has 0 aliphatic carbocycles. The largest absolute Gasteiger partial charge is 0.398 e. The average molecular weight is 298 g/mol. The lowest BCUT2D eigenvalue weighted by Crippen LogP contribution is -2.23. The predicted molar refractivity (Wildman–Crippen MR) is 72.8 cm³/mol. The van der Waals surface area contributed by atoms with Gasteiger partial charge in [0.15, 0.2) is 0 Å². The average Bonchev–Trinajstić information content (AvgIpc) is 2.79. The van der Waals surface area contributed by atoms with Crippen LogP contribution in [0.4, 0.5) is 10.1 Å². The molecule has 0 spiro atoms. The normalized spacial score (nSPS) is 11.8. The number of aromatic nitrogens is 2. The molecular weight excluding hydrogens is 283 g/mol. The molecule has 1 aromatic heterocycles. The van der Waals surface area contributed by atoms with E-state index in [2.05, 4.69) is 9.82 Å². The number of nitrogens with zero attached hydrogens (tertiary/aromatic N) is 2. The molecule has 3 N–H and O–H groups in total. The number of hydrogen-bond donors (Lipinski definition) is 2. The highest BCUT2D eigenvalue weighted by Crippen LogP contribution is 2.20. The Morgan fingerprint density at radius 1 is 1.45 bits per heavy atom. The number of benzene rings is 1. The van der Waals surface area contributed by atoms with Crippen molar-refractivity contribution < 1.29 is 12.8 Å². The maximum atomic E-state index is 13.6. The summed E-state index contributed by atoms with van der Waals surface area (Å²) in [4.78, 5) is -0.193. The van der Waals surface area contributed by atoms with Gasteiger partial charge in [0, 0.05) is 36.6 Å². The quantitative estimate of drug-likeness (QED) is 0.822. The van der Waals surface area contributed by atoms with E-state index in [0.717, 1.165) is 6.07 Å². The molecule has 2 aromatic rings. The van der Waals surface area contributed by atoms with Gasteiger partial charge in [-0.05, 0) is 19.1 Å². The Morgan fingerprint density at radius 2 is 2.15 bits per heavy atom. The number of rotatable bonds is 4. The highest BCUT2D eigenvalue weighted by Gasteiger charge is 2.17. The minimum atomic E-state index is -3.82.